The molecule has 1 heterocycles. The summed E-state index contributed by atoms with van der Waals surface area (Å²) in [6.07, 6.45) is 0.755. The molecule has 5 nitrogen and oxygen atoms in total. The molecule has 2 aromatic carbocycles. The van der Waals surface area contributed by atoms with Crippen LogP contribution in [0, 0.1) is 0 Å². The lowest BCUT2D eigenvalue weighted by molar-refractivity contribution is -0.116. The summed E-state index contributed by atoms with van der Waals surface area (Å²) in [5.41, 5.74) is 8.84. The van der Waals surface area contributed by atoms with Gasteiger partial charge in [-0.15, -0.1) is 0 Å². The summed E-state index contributed by atoms with van der Waals surface area (Å²) in [4.78, 5) is 17.4. The van der Waals surface area contributed by atoms with Crippen LogP contribution in [0.25, 0.3) is 11.0 Å². The number of rotatable bonds is 5. The normalized spacial score (nSPS) is 10.7. The Labute approximate surface area is 145 Å². The van der Waals surface area contributed by atoms with E-state index in [1.165, 1.54) is 0 Å². The van der Waals surface area contributed by atoms with Crippen molar-refractivity contribution in [3.05, 3.63) is 59.9 Å². The highest BCUT2D eigenvalue weighted by Gasteiger charge is 2.14. The van der Waals surface area contributed by atoms with E-state index in [1.54, 1.807) is 12.1 Å². The van der Waals surface area contributed by atoms with Crippen molar-refractivity contribution in [1.29, 1.82) is 0 Å². The highest BCUT2D eigenvalue weighted by Crippen LogP contribution is 2.18. The first-order valence-corrected chi connectivity index (χ1v) is 8.13. The molecule has 0 saturated heterocycles. The van der Waals surface area contributed by atoms with Gasteiger partial charge in [0, 0.05) is 12.0 Å². The Hall–Kier alpha value is -2.73. The number of anilines is 1. The van der Waals surface area contributed by atoms with Crippen LogP contribution >= 0.6 is 12.2 Å². The third kappa shape index (κ3) is 3.14. The van der Waals surface area contributed by atoms with Crippen LogP contribution in [-0.2, 0) is 17.8 Å². The van der Waals surface area contributed by atoms with E-state index in [0.29, 0.717) is 11.3 Å². The molecule has 3 rings (SSSR count). The van der Waals surface area contributed by atoms with Gasteiger partial charge in [-0.3, -0.25) is 4.79 Å². The van der Waals surface area contributed by atoms with E-state index in [4.69, 9.17) is 18.0 Å². The Bertz CT molecular complexity index is 916. The zero-order chi connectivity index (χ0) is 17.1. The molecule has 0 fully saturated rings. The summed E-state index contributed by atoms with van der Waals surface area (Å²) in [5.74, 6) is 0.741. The molecule has 3 aromatic rings. The topological polar surface area (TPSA) is 72.9 Å². The maximum absolute atomic E-state index is 12.5. The van der Waals surface area contributed by atoms with E-state index < -0.39 is 0 Å². The molecule has 0 spiro atoms. The minimum atomic E-state index is -0.142. The average Bonchev–Trinajstić information content (AvgIpc) is 2.93. The Balaban J connectivity index is 1.87. The molecule has 0 atom stereocenters. The zero-order valence-electron chi connectivity index (χ0n) is 13.3. The number of benzene rings is 2. The summed E-state index contributed by atoms with van der Waals surface area (Å²) >= 11 is 5.03. The van der Waals surface area contributed by atoms with Crippen LogP contribution < -0.4 is 11.1 Å². The van der Waals surface area contributed by atoms with Crippen molar-refractivity contribution in [2.24, 2.45) is 5.73 Å². The fraction of sp³-hybridized carbons (Fsp3) is 0.167. The number of para-hydroxylation sites is 3. The molecule has 0 saturated carbocycles. The Morgan fingerprint density at radius 2 is 1.92 bits per heavy atom. The zero-order valence-corrected chi connectivity index (χ0v) is 14.1. The minimum absolute atomic E-state index is 0.142. The molecular weight excluding hydrogens is 320 g/mol. The van der Waals surface area contributed by atoms with Crippen molar-refractivity contribution < 1.29 is 4.79 Å². The van der Waals surface area contributed by atoms with Gasteiger partial charge in [-0.05, 0) is 24.3 Å². The number of fused-ring (bicyclic) bond motifs is 1. The average molecular weight is 338 g/mol. The number of carbonyl (C=O) groups is 1. The monoisotopic (exact) mass is 338 g/mol. The SMILES string of the molecule is CCc1nc2ccccc2n1CC(=O)Nc1ccccc1C(N)=S. The molecule has 3 N–H and O–H groups in total. The van der Waals surface area contributed by atoms with E-state index >= 15 is 0 Å². The van der Waals surface area contributed by atoms with Gasteiger partial charge >= 0.3 is 0 Å². The lowest BCUT2D eigenvalue weighted by Gasteiger charge is -2.12. The number of aryl methyl sites for hydroxylation is 1. The number of thiocarbonyl (C=S) groups is 1. The smallest absolute Gasteiger partial charge is 0.244 e. The largest absolute Gasteiger partial charge is 0.389 e. The molecular formula is C18H18N4OS. The third-order valence-corrected chi connectivity index (χ3v) is 4.04. The molecule has 0 bridgehead atoms. The Morgan fingerprint density at radius 3 is 2.67 bits per heavy atom. The fourth-order valence-corrected chi connectivity index (χ4v) is 2.89. The summed E-state index contributed by atoms with van der Waals surface area (Å²) in [5, 5.41) is 2.89. The maximum atomic E-state index is 12.5. The van der Waals surface area contributed by atoms with E-state index in [1.807, 2.05) is 47.9 Å². The number of nitrogens with zero attached hydrogens (tertiary/aromatic N) is 2. The van der Waals surface area contributed by atoms with Gasteiger partial charge in [-0.25, -0.2) is 4.98 Å². The van der Waals surface area contributed by atoms with E-state index in [2.05, 4.69) is 10.3 Å². The van der Waals surface area contributed by atoms with Crippen molar-refractivity contribution in [1.82, 2.24) is 9.55 Å². The standard InChI is InChI=1S/C18H18N4OS/c1-2-16-20-14-9-5-6-10-15(14)22(16)11-17(23)21-13-8-4-3-7-12(13)18(19)24/h3-10H,2,11H2,1H3,(H2,19,24)(H,21,23). The van der Waals surface area contributed by atoms with Gasteiger partial charge < -0.3 is 15.6 Å². The highest BCUT2D eigenvalue weighted by atomic mass is 32.1. The number of hydrogen-bond acceptors (Lipinski definition) is 3. The molecule has 0 aliphatic carbocycles. The fourth-order valence-electron chi connectivity index (χ4n) is 2.71. The predicted molar refractivity (Wildman–Crippen MR) is 100 cm³/mol. The van der Waals surface area contributed by atoms with Gasteiger partial charge in [-0.1, -0.05) is 43.4 Å². The van der Waals surface area contributed by atoms with Gasteiger partial charge in [0.1, 0.15) is 17.4 Å². The molecule has 0 aliphatic heterocycles. The molecule has 0 unspecified atom stereocenters. The second-order valence-electron chi connectivity index (χ2n) is 5.41. The Kier molecular flexibility index (Phi) is 4.57. The summed E-state index contributed by atoms with van der Waals surface area (Å²) in [6, 6.07) is 15.1. The van der Waals surface area contributed by atoms with Crippen LogP contribution in [0.2, 0.25) is 0 Å². The van der Waals surface area contributed by atoms with Crippen LogP contribution in [0.3, 0.4) is 0 Å². The molecule has 0 radical (unpaired) electrons. The number of aromatic nitrogens is 2. The van der Waals surface area contributed by atoms with Gasteiger partial charge in [0.25, 0.3) is 0 Å². The number of hydrogen-bond donors (Lipinski definition) is 2. The lowest BCUT2D eigenvalue weighted by Crippen LogP contribution is -2.22. The van der Waals surface area contributed by atoms with Gasteiger partial charge in [0.15, 0.2) is 0 Å². The van der Waals surface area contributed by atoms with Crippen molar-refractivity contribution in [2.75, 3.05) is 5.32 Å². The van der Waals surface area contributed by atoms with Crippen LogP contribution in [0.1, 0.15) is 18.3 Å². The van der Waals surface area contributed by atoms with E-state index in [-0.39, 0.29) is 17.4 Å². The lowest BCUT2D eigenvalue weighted by atomic mass is 10.2. The molecule has 6 heteroatoms. The van der Waals surface area contributed by atoms with Crippen molar-refractivity contribution in [3.63, 3.8) is 0 Å². The predicted octanol–water partition coefficient (Wildman–Crippen LogP) is 2.87. The molecule has 122 valence electrons. The summed E-state index contributed by atoms with van der Waals surface area (Å²) in [7, 11) is 0. The van der Waals surface area contributed by atoms with Crippen LogP contribution in [0.15, 0.2) is 48.5 Å². The second-order valence-corrected chi connectivity index (χ2v) is 5.85. The summed E-state index contributed by atoms with van der Waals surface area (Å²) in [6.45, 7) is 2.22. The Morgan fingerprint density at radius 1 is 1.21 bits per heavy atom. The van der Waals surface area contributed by atoms with Gasteiger partial charge in [0.05, 0.1) is 16.7 Å². The van der Waals surface area contributed by atoms with Gasteiger partial charge in [0.2, 0.25) is 5.91 Å². The molecule has 24 heavy (non-hydrogen) atoms. The number of nitrogens with two attached hydrogens (primary N) is 1. The second kappa shape index (κ2) is 6.80. The van der Waals surface area contributed by atoms with Crippen molar-refractivity contribution in [3.8, 4) is 0 Å². The van der Waals surface area contributed by atoms with Crippen LogP contribution in [0.4, 0.5) is 5.69 Å². The van der Waals surface area contributed by atoms with Crippen LogP contribution in [0.5, 0.6) is 0 Å². The maximum Gasteiger partial charge on any atom is 0.244 e. The van der Waals surface area contributed by atoms with Gasteiger partial charge in [-0.2, -0.15) is 0 Å². The molecule has 0 aliphatic rings. The number of amides is 1. The third-order valence-electron chi connectivity index (χ3n) is 3.82. The van der Waals surface area contributed by atoms with Crippen molar-refractivity contribution in [2.45, 2.75) is 19.9 Å². The minimum Gasteiger partial charge on any atom is -0.389 e. The first-order valence-electron chi connectivity index (χ1n) is 7.73. The molecule has 1 aromatic heterocycles. The summed E-state index contributed by atoms with van der Waals surface area (Å²) < 4.78 is 1.94. The number of nitrogens with one attached hydrogen (secondary N) is 1. The van der Waals surface area contributed by atoms with E-state index in [0.717, 1.165) is 23.3 Å². The first-order chi connectivity index (χ1) is 11.6. The van der Waals surface area contributed by atoms with Crippen LogP contribution in [-0.4, -0.2) is 20.4 Å². The molecule has 1 amide bonds. The number of carbonyl (C=O) groups excluding carboxylic acids is 1. The van der Waals surface area contributed by atoms with E-state index in [9.17, 15) is 4.79 Å². The first kappa shape index (κ1) is 16.1. The number of imidazole rings is 1. The quantitative estimate of drug-likeness (QED) is 0.702. The van der Waals surface area contributed by atoms with Crippen molar-refractivity contribution >= 4 is 39.8 Å². The highest BCUT2D eigenvalue weighted by molar-refractivity contribution is 7.80.